The van der Waals surface area contributed by atoms with Gasteiger partial charge in [-0.1, -0.05) is 29.3 Å². The average Bonchev–Trinajstić information content (AvgIpc) is 2.73. The van der Waals surface area contributed by atoms with E-state index in [0.29, 0.717) is 16.6 Å². The molecule has 1 aliphatic rings. The van der Waals surface area contributed by atoms with Crippen molar-refractivity contribution in [3.8, 4) is 0 Å². The number of hydrogen-bond acceptors (Lipinski definition) is 3. The quantitative estimate of drug-likeness (QED) is 0.895. The average molecular weight is 315 g/mol. The molecule has 2 amide bonds. The highest BCUT2D eigenvalue weighted by Gasteiger charge is 2.28. The Balaban J connectivity index is 2.12. The van der Waals surface area contributed by atoms with Gasteiger partial charge >= 0.3 is 0 Å². The third-order valence-electron chi connectivity index (χ3n) is 2.94. The Morgan fingerprint density at radius 2 is 2.10 bits per heavy atom. The van der Waals surface area contributed by atoms with Crippen molar-refractivity contribution in [1.82, 2.24) is 10.2 Å². The molecule has 0 aromatic heterocycles. The normalized spacial score (nSPS) is 14.4. The molecule has 2 N–H and O–H groups in total. The van der Waals surface area contributed by atoms with Crippen LogP contribution in [0.4, 0.5) is 0 Å². The van der Waals surface area contributed by atoms with Crippen LogP contribution < -0.4 is 5.32 Å². The number of aliphatic hydroxyl groups excluding tert-OH is 1. The molecule has 0 atom stereocenters. The molecular formula is C13H12Cl2N2O3. The van der Waals surface area contributed by atoms with Crippen LogP contribution >= 0.6 is 23.2 Å². The largest absolute Gasteiger partial charge is 0.503 e. The van der Waals surface area contributed by atoms with E-state index in [0.717, 1.165) is 5.56 Å². The molecule has 0 saturated carbocycles. The molecule has 1 aliphatic heterocycles. The summed E-state index contributed by atoms with van der Waals surface area (Å²) in [5.74, 6) is -1.56. The Kier molecular flexibility index (Phi) is 4.20. The number of hydrogen-bond donors (Lipinski definition) is 2. The molecular weight excluding hydrogens is 303 g/mol. The van der Waals surface area contributed by atoms with Crippen molar-refractivity contribution >= 4 is 35.0 Å². The van der Waals surface area contributed by atoms with E-state index in [1.54, 1.807) is 25.2 Å². The monoisotopic (exact) mass is 314 g/mol. The van der Waals surface area contributed by atoms with Gasteiger partial charge in [0.1, 0.15) is 0 Å². The summed E-state index contributed by atoms with van der Waals surface area (Å²) in [6, 6.07) is 5.07. The van der Waals surface area contributed by atoms with E-state index >= 15 is 0 Å². The standard InChI is InChI=1S/C13H12Cl2N2O3/c1-17(6-7-2-3-9(14)10(15)4-7)13(20)8-5-16-12(19)11(8)18/h2-4,18H,5-6H2,1H3,(H,16,19). The van der Waals surface area contributed by atoms with Crippen LogP contribution in [0.2, 0.25) is 10.0 Å². The van der Waals surface area contributed by atoms with E-state index in [2.05, 4.69) is 5.32 Å². The van der Waals surface area contributed by atoms with Gasteiger partial charge in [0, 0.05) is 13.6 Å². The number of likely N-dealkylation sites (N-methyl/N-ethyl adjacent to an activating group) is 1. The number of carbonyl (C=O) groups is 2. The van der Waals surface area contributed by atoms with E-state index in [-0.39, 0.29) is 12.1 Å². The van der Waals surface area contributed by atoms with Gasteiger partial charge in [0.15, 0.2) is 5.76 Å². The summed E-state index contributed by atoms with van der Waals surface area (Å²) in [6.07, 6.45) is 0. The predicted molar refractivity (Wildman–Crippen MR) is 75.6 cm³/mol. The van der Waals surface area contributed by atoms with Crippen LogP contribution in [0.3, 0.4) is 0 Å². The topological polar surface area (TPSA) is 69.6 Å². The van der Waals surface area contributed by atoms with Crippen molar-refractivity contribution < 1.29 is 14.7 Å². The molecule has 0 saturated heterocycles. The first-order valence-electron chi connectivity index (χ1n) is 5.80. The molecule has 0 bridgehead atoms. The third kappa shape index (κ3) is 2.89. The van der Waals surface area contributed by atoms with Crippen molar-refractivity contribution in [2.24, 2.45) is 0 Å². The van der Waals surface area contributed by atoms with Gasteiger partial charge < -0.3 is 15.3 Å². The van der Waals surface area contributed by atoms with Crippen molar-refractivity contribution in [2.45, 2.75) is 6.54 Å². The number of nitrogens with zero attached hydrogens (tertiary/aromatic N) is 1. The van der Waals surface area contributed by atoms with Gasteiger partial charge in [0.2, 0.25) is 0 Å². The van der Waals surface area contributed by atoms with Crippen molar-refractivity contribution in [3.05, 3.63) is 45.1 Å². The first-order valence-corrected chi connectivity index (χ1v) is 6.55. The third-order valence-corrected chi connectivity index (χ3v) is 3.67. The number of carbonyl (C=O) groups excluding carboxylic acids is 2. The lowest BCUT2D eigenvalue weighted by Crippen LogP contribution is -2.29. The highest BCUT2D eigenvalue weighted by molar-refractivity contribution is 6.42. The Morgan fingerprint density at radius 3 is 2.65 bits per heavy atom. The molecule has 0 fully saturated rings. The molecule has 5 nitrogen and oxygen atoms in total. The van der Waals surface area contributed by atoms with Crippen LogP contribution in [0.15, 0.2) is 29.5 Å². The Morgan fingerprint density at radius 1 is 1.40 bits per heavy atom. The van der Waals surface area contributed by atoms with Crippen molar-refractivity contribution in [3.63, 3.8) is 0 Å². The van der Waals surface area contributed by atoms with Gasteiger partial charge in [-0.15, -0.1) is 0 Å². The summed E-state index contributed by atoms with van der Waals surface area (Å²) in [6.45, 7) is 0.329. The Bertz CT molecular complexity index is 614. The lowest BCUT2D eigenvalue weighted by atomic mass is 10.2. The zero-order valence-electron chi connectivity index (χ0n) is 10.6. The van der Waals surface area contributed by atoms with Crippen LogP contribution in [0.1, 0.15) is 5.56 Å². The van der Waals surface area contributed by atoms with E-state index in [4.69, 9.17) is 23.2 Å². The fourth-order valence-electron chi connectivity index (χ4n) is 1.86. The second kappa shape index (κ2) is 5.73. The van der Waals surface area contributed by atoms with Gasteiger partial charge in [-0.05, 0) is 17.7 Å². The van der Waals surface area contributed by atoms with Crippen molar-refractivity contribution in [2.75, 3.05) is 13.6 Å². The minimum atomic E-state index is -0.628. The number of aliphatic hydroxyl groups is 1. The van der Waals surface area contributed by atoms with Gasteiger partial charge in [-0.25, -0.2) is 0 Å². The zero-order chi connectivity index (χ0) is 14.9. The van der Waals surface area contributed by atoms with Gasteiger partial charge in [0.05, 0.1) is 22.2 Å². The van der Waals surface area contributed by atoms with Gasteiger partial charge in [0.25, 0.3) is 11.8 Å². The smallest absolute Gasteiger partial charge is 0.286 e. The maximum atomic E-state index is 12.1. The SMILES string of the molecule is CN(Cc1ccc(Cl)c(Cl)c1)C(=O)C1=C(O)C(=O)NC1. The predicted octanol–water partition coefficient (Wildman–Crippen LogP) is 1.89. The molecule has 20 heavy (non-hydrogen) atoms. The minimum Gasteiger partial charge on any atom is -0.503 e. The summed E-state index contributed by atoms with van der Waals surface area (Å²) >= 11 is 11.7. The maximum Gasteiger partial charge on any atom is 0.286 e. The number of nitrogens with one attached hydrogen (secondary N) is 1. The first kappa shape index (κ1) is 14.7. The molecule has 0 radical (unpaired) electrons. The van der Waals surface area contributed by atoms with Crippen LogP contribution in [0, 0.1) is 0 Å². The first-order chi connectivity index (χ1) is 9.40. The molecule has 106 valence electrons. The van der Waals surface area contributed by atoms with Crippen molar-refractivity contribution in [1.29, 1.82) is 0 Å². The fourth-order valence-corrected chi connectivity index (χ4v) is 2.18. The van der Waals surface area contributed by atoms with E-state index in [1.807, 2.05) is 0 Å². The second-order valence-corrected chi connectivity index (χ2v) is 5.23. The van der Waals surface area contributed by atoms with E-state index < -0.39 is 17.6 Å². The molecule has 1 heterocycles. The molecule has 7 heteroatoms. The summed E-state index contributed by atoms with van der Waals surface area (Å²) in [7, 11) is 1.58. The maximum absolute atomic E-state index is 12.1. The zero-order valence-corrected chi connectivity index (χ0v) is 12.1. The Hall–Kier alpha value is -1.72. The van der Waals surface area contributed by atoms with Crippen LogP contribution in [-0.2, 0) is 16.1 Å². The molecule has 1 aromatic carbocycles. The minimum absolute atomic E-state index is 0.0369. The van der Waals surface area contributed by atoms with E-state index in [1.165, 1.54) is 4.90 Å². The lowest BCUT2D eigenvalue weighted by Gasteiger charge is -2.18. The number of amides is 2. The lowest BCUT2D eigenvalue weighted by molar-refractivity contribution is -0.126. The highest BCUT2D eigenvalue weighted by Crippen LogP contribution is 2.23. The summed E-state index contributed by atoms with van der Waals surface area (Å²) < 4.78 is 0. The molecule has 1 aromatic rings. The molecule has 2 rings (SSSR count). The molecule has 0 unspecified atom stereocenters. The summed E-state index contributed by atoms with van der Waals surface area (Å²) in [4.78, 5) is 24.6. The van der Waals surface area contributed by atoms with E-state index in [9.17, 15) is 14.7 Å². The highest BCUT2D eigenvalue weighted by atomic mass is 35.5. The second-order valence-electron chi connectivity index (χ2n) is 4.42. The van der Waals surface area contributed by atoms with Gasteiger partial charge in [-0.3, -0.25) is 9.59 Å². The van der Waals surface area contributed by atoms with Crippen LogP contribution in [-0.4, -0.2) is 35.4 Å². The fraction of sp³-hybridized carbons (Fsp3) is 0.231. The molecule has 0 aliphatic carbocycles. The number of benzene rings is 1. The summed E-state index contributed by atoms with van der Waals surface area (Å²) in [5.41, 5.74) is 0.866. The number of rotatable bonds is 3. The number of halogens is 2. The molecule has 0 spiro atoms. The Labute approximate surface area is 125 Å². The summed E-state index contributed by atoms with van der Waals surface area (Å²) in [5, 5.41) is 12.7. The van der Waals surface area contributed by atoms with Crippen LogP contribution in [0.5, 0.6) is 0 Å². The van der Waals surface area contributed by atoms with Gasteiger partial charge in [-0.2, -0.15) is 0 Å². The van der Waals surface area contributed by atoms with Crippen LogP contribution in [0.25, 0.3) is 0 Å².